The first kappa shape index (κ1) is 9.96. The summed E-state index contributed by atoms with van der Waals surface area (Å²) in [5.74, 6) is 0.636. The van der Waals surface area contributed by atoms with Gasteiger partial charge in [0.1, 0.15) is 0 Å². The van der Waals surface area contributed by atoms with Crippen LogP contribution in [0.15, 0.2) is 16.8 Å². The molecule has 0 heterocycles. The van der Waals surface area contributed by atoms with Crippen molar-refractivity contribution >= 4 is 12.1 Å². The summed E-state index contributed by atoms with van der Waals surface area (Å²) in [6.45, 7) is 2.08. The fraction of sp³-hybridized carbons (Fsp3) is 0.600. The van der Waals surface area contributed by atoms with E-state index in [9.17, 15) is 4.79 Å². The van der Waals surface area contributed by atoms with Crippen LogP contribution in [0, 0.1) is 5.92 Å². The Labute approximate surface area is 79.1 Å². The molecule has 0 bridgehead atoms. The zero-order valence-electron chi connectivity index (χ0n) is 8.45. The highest BCUT2D eigenvalue weighted by molar-refractivity contribution is 5.91. The minimum Gasteiger partial charge on any atom is -0.369 e. The monoisotopic (exact) mass is 180 g/mol. The first-order chi connectivity index (χ1) is 6.08. The summed E-state index contributed by atoms with van der Waals surface area (Å²) in [5.41, 5.74) is 0.900. The minimum absolute atomic E-state index is 0.199. The molecule has 0 N–H and O–H groups in total. The minimum atomic E-state index is 0.199. The topological polar surface area (TPSA) is 32.7 Å². The van der Waals surface area contributed by atoms with Crippen molar-refractivity contribution in [2.24, 2.45) is 10.9 Å². The van der Waals surface area contributed by atoms with Gasteiger partial charge in [-0.25, -0.2) is 4.99 Å². The van der Waals surface area contributed by atoms with Crippen LogP contribution in [-0.4, -0.2) is 31.1 Å². The Bertz CT molecular complexity index is 254. The van der Waals surface area contributed by atoms with Gasteiger partial charge in [0.15, 0.2) is 5.78 Å². The number of carbonyl (C=O) groups excluding carboxylic acids is 1. The van der Waals surface area contributed by atoms with Gasteiger partial charge in [-0.15, -0.1) is 0 Å². The van der Waals surface area contributed by atoms with E-state index in [-0.39, 0.29) is 5.78 Å². The van der Waals surface area contributed by atoms with E-state index in [4.69, 9.17) is 0 Å². The van der Waals surface area contributed by atoms with Crippen molar-refractivity contribution in [2.75, 3.05) is 14.1 Å². The molecule has 1 rings (SSSR count). The van der Waals surface area contributed by atoms with Crippen LogP contribution >= 0.6 is 0 Å². The molecule has 0 aromatic heterocycles. The van der Waals surface area contributed by atoms with Crippen LogP contribution in [-0.2, 0) is 4.79 Å². The fourth-order valence-corrected chi connectivity index (χ4v) is 1.36. The zero-order chi connectivity index (χ0) is 9.84. The van der Waals surface area contributed by atoms with Gasteiger partial charge in [0, 0.05) is 32.3 Å². The lowest BCUT2D eigenvalue weighted by Crippen LogP contribution is -2.12. The summed E-state index contributed by atoms with van der Waals surface area (Å²) >= 11 is 0. The van der Waals surface area contributed by atoms with Crippen molar-refractivity contribution in [2.45, 2.75) is 19.8 Å². The third-order valence-corrected chi connectivity index (χ3v) is 1.89. The number of nitrogens with zero attached hydrogens (tertiary/aromatic N) is 2. The summed E-state index contributed by atoms with van der Waals surface area (Å²) in [4.78, 5) is 17.3. The third-order valence-electron chi connectivity index (χ3n) is 1.89. The second-order valence-electron chi connectivity index (χ2n) is 3.82. The first-order valence-electron chi connectivity index (χ1n) is 4.52. The molecule has 0 saturated carbocycles. The molecule has 3 nitrogen and oxygen atoms in total. The summed E-state index contributed by atoms with van der Waals surface area (Å²) in [5, 5.41) is 0. The van der Waals surface area contributed by atoms with Gasteiger partial charge in [-0.1, -0.05) is 6.92 Å². The highest BCUT2D eigenvalue weighted by Gasteiger charge is 2.15. The molecule has 1 aliphatic rings. The molecule has 0 radical (unpaired) electrons. The van der Waals surface area contributed by atoms with Crippen molar-refractivity contribution in [3.63, 3.8) is 0 Å². The highest BCUT2D eigenvalue weighted by atomic mass is 16.1. The van der Waals surface area contributed by atoms with Crippen molar-refractivity contribution in [1.82, 2.24) is 4.90 Å². The molecule has 13 heavy (non-hydrogen) atoms. The van der Waals surface area contributed by atoms with Gasteiger partial charge in [-0.05, 0) is 12.3 Å². The number of aliphatic imine (C=N–C) groups is 1. The van der Waals surface area contributed by atoms with Crippen molar-refractivity contribution in [3.8, 4) is 0 Å². The van der Waals surface area contributed by atoms with E-state index < -0.39 is 0 Å². The number of hydrogen-bond acceptors (Lipinski definition) is 2. The maximum absolute atomic E-state index is 11.2. The van der Waals surface area contributed by atoms with Crippen molar-refractivity contribution in [3.05, 3.63) is 11.8 Å². The summed E-state index contributed by atoms with van der Waals surface area (Å²) in [7, 11) is 3.83. The Morgan fingerprint density at radius 3 is 2.77 bits per heavy atom. The van der Waals surface area contributed by atoms with E-state index in [1.54, 1.807) is 12.4 Å². The number of rotatable bonds is 2. The average molecular weight is 180 g/mol. The molecule has 0 fully saturated rings. The van der Waals surface area contributed by atoms with Crippen LogP contribution in [0.5, 0.6) is 0 Å². The molecule has 72 valence electrons. The van der Waals surface area contributed by atoms with E-state index in [0.717, 1.165) is 12.1 Å². The van der Waals surface area contributed by atoms with E-state index in [1.165, 1.54) is 0 Å². The summed E-state index contributed by atoms with van der Waals surface area (Å²) in [6, 6.07) is 0. The molecule has 0 aliphatic heterocycles. The largest absolute Gasteiger partial charge is 0.369 e. The molecule has 3 heteroatoms. The molecule has 0 aromatic carbocycles. The van der Waals surface area contributed by atoms with Gasteiger partial charge in [0.2, 0.25) is 0 Å². The highest BCUT2D eigenvalue weighted by Crippen LogP contribution is 2.21. The SMILES string of the molecule is CC1CC(=O)C=C(N=CN(C)C)C1. The molecule has 1 atom stereocenters. The average Bonchev–Trinajstić information content (AvgIpc) is 1.99. The third kappa shape index (κ3) is 3.40. The van der Waals surface area contributed by atoms with E-state index in [1.807, 2.05) is 19.0 Å². The molecule has 1 aliphatic carbocycles. The van der Waals surface area contributed by atoms with Crippen molar-refractivity contribution in [1.29, 1.82) is 0 Å². The Morgan fingerprint density at radius 1 is 1.54 bits per heavy atom. The second kappa shape index (κ2) is 4.21. The van der Waals surface area contributed by atoms with E-state index in [0.29, 0.717) is 12.3 Å². The van der Waals surface area contributed by atoms with Crippen LogP contribution in [0.2, 0.25) is 0 Å². The number of carbonyl (C=O) groups is 1. The van der Waals surface area contributed by atoms with Crippen LogP contribution in [0.4, 0.5) is 0 Å². The molecular formula is C10H16N2O. The predicted octanol–water partition coefficient (Wildman–Crippen LogP) is 1.46. The van der Waals surface area contributed by atoms with Crippen LogP contribution in [0.3, 0.4) is 0 Å². The van der Waals surface area contributed by atoms with Crippen LogP contribution in [0.1, 0.15) is 19.8 Å². The van der Waals surface area contributed by atoms with Gasteiger partial charge in [0.05, 0.1) is 6.34 Å². The van der Waals surface area contributed by atoms with Gasteiger partial charge < -0.3 is 4.90 Å². The Morgan fingerprint density at radius 2 is 2.23 bits per heavy atom. The molecular weight excluding hydrogens is 164 g/mol. The number of allylic oxidation sites excluding steroid dienone is 2. The van der Waals surface area contributed by atoms with Crippen LogP contribution < -0.4 is 0 Å². The van der Waals surface area contributed by atoms with Gasteiger partial charge in [-0.2, -0.15) is 0 Å². The summed E-state index contributed by atoms with van der Waals surface area (Å²) < 4.78 is 0. The number of ketones is 1. The van der Waals surface area contributed by atoms with E-state index >= 15 is 0 Å². The fourth-order valence-electron chi connectivity index (χ4n) is 1.36. The number of hydrogen-bond donors (Lipinski definition) is 0. The molecule has 0 saturated heterocycles. The van der Waals surface area contributed by atoms with E-state index in [2.05, 4.69) is 11.9 Å². The molecule has 1 unspecified atom stereocenters. The Hall–Kier alpha value is -1.12. The normalized spacial score (nSPS) is 23.5. The maximum Gasteiger partial charge on any atom is 0.157 e. The first-order valence-corrected chi connectivity index (χ1v) is 4.52. The van der Waals surface area contributed by atoms with Gasteiger partial charge in [0.25, 0.3) is 0 Å². The lowest BCUT2D eigenvalue weighted by molar-refractivity contribution is -0.115. The molecule has 0 aromatic rings. The maximum atomic E-state index is 11.2. The van der Waals surface area contributed by atoms with Gasteiger partial charge in [-0.3, -0.25) is 4.79 Å². The van der Waals surface area contributed by atoms with Crippen LogP contribution in [0.25, 0.3) is 0 Å². The molecule has 0 amide bonds. The lowest BCUT2D eigenvalue weighted by atomic mass is 9.93. The Kier molecular flexibility index (Phi) is 3.23. The lowest BCUT2D eigenvalue weighted by Gasteiger charge is -2.15. The predicted molar refractivity (Wildman–Crippen MR) is 53.7 cm³/mol. The standard InChI is InChI=1S/C10H16N2O/c1-8-4-9(6-10(13)5-8)11-7-12(2)3/h6-8H,4-5H2,1-3H3. The van der Waals surface area contributed by atoms with Gasteiger partial charge >= 0.3 is 0 Å². The Balaban J connectivity index is 2.64. The zero-order valence-corrected chi connectivity index (χ0v) is 8.45. The molecule has 0 spiro atoms. The quantitative estimate of drug-likeness (QED) is 0.476. The van der Waals surface area contributed by atoms with Crippen molar-refractivity contribution < 1.29 is 4.79 Å². The second-order valence-corrected chi connectivity index (χ2v) is 3.82. The smallest absolute Gasteiger partial charge is 0.157 e. The summed E-state index contributed by atoms with van der Waals surface area (Å²) in [6.07, 6.45) is 4.97.